The predicted octanol–water partition coefficient (Wildman–Crippen LogP) is 0.0709. The fraction of sp³-hybridized carbons (Fsp3) is 0.571. The van der Waals surface area contributed by atoms with Crippen LogP contribution in [0.25, 0.3) is 0 Å². The van der Waals surface area contributed by atoms with Crippen LogP contribution in [0.3, 0.4) is 0 Å². The Balaban J connectivity index is 3.93. The Kier molecular flexibility index (Phi) is 4.58. The summed E-state index contributed by atoms with van der Waals surface area (Å²) in [6.07, 6.45) is 0.792. The molecule has 0 aromatic heterocycles. The van der Waals surface area contributed by atoms with Gasteiger partial charge in [-0.2, -0.15) is 0 Å². The number of nitrogens with one attached hydrogen (secondary N) is 1. The lowest BCUT2D eigenvalue weighted by Crippen LogP contribution is -2.29. The van der Waals surface area contributed by atoms with Crippen LogP contribution in [0.15, 0.2) is 12.0 Å². The van der Waals surface area contributed by atoms with Gasteiger partial charge in [-0.3, -0.25) is 4.79 Å². The minimum Gasteiger partial charge on any atom is -0.355 e. The van der Waals surface area contributed by atoms with Crippen molar-refractivity contribution in [3.05, 3.63) is 12.0 Å². The van der Waals surface area contributed by atoms with Crippen LogP contribution in [0.1, 0.15) is 13.3 Å². The van der Waals surface area contributed by atoms with Crippen LogP contribution >= 0.6 is 0 Å². The second-order valence-electron chi connectivity index (χ2n) is 2.32. The molecule has 0 atom stereocenters. The van der Waals surface area contributed by atoms with Crippen molar-refractivity contribution in [1.29, 1.82) is 0 Å². The lowest BCUT2D eigenvalue weighted by atomic mass is 10.5. The Morgan fingerprint density at radius 1 is 1.58 bits per heavy atom. The first-order valence-electron chi connectivity index (χ1n) is 3.63. The molecule has 0 saturated carbocycles. The van der Waals surface area contributed by atoms with Crippen molar-refractivity contribution in [2.24, 2.45) is 0 Å². The van der Waals surface area contributed by atoms with Gasteiger partial charge in [0.15, 0.2) is 9.84 Å². The van der Waals surface area contributed by atoms with Gasteiger partial charge in [-0.05, 0) is 6.42 Å². The smallest absolute Gasteiger partial charge is 0.235 e. The average Bonchev–Trinajstić information content (AvgIpc) is 2.00. The van der Waals surface area contributed by atoms with Gasteiger partial charge >= 0.3 is 0 Å². The van der Waals surface area contributed by atoms with E-state index >= 15 is 0 Å². The highest BCUT2D eigenvalue weighted by atomic mass is 32.2. The van der Waals surface area contributed by atoms with Gasteiger partial charge < -0.3 is 5.32 Å². The van der Waals surface area contributed by atoms with Crippen molar-refractivity contribution in [3.63, 3.8) is 0 Å². The minimum atomic E-state index is -3.40. The van der Waals surface area contributed by atoms with Gasteiger partial charge in [-0.15, -0.1) is 0 Å². The molecule has 0 rings (SSSR count). The second kappa shape index (κ2) is 4.92. The molecule has 0 saturated heterocycles. The third-order valence-electron chi connectivity index (χ3n) is 1.16. The van der Waals surface area contributed by atoms with Crippen LogP contribution in [-0.2, 0) is 14.6 Å². The second-order valence-corrected chi connectivity index (χ2v) is 4.27. The van der Waals surface area contributed by atoms with Crippen molar-refractivity contribution in [2.45, 2.75) is 13.3 Å². The van der Waals surface area contributed by atoms with Crippen molar-refractivity contribution < 1.29 is 13.2 Å². The molecule has 70 valence electrons. The molecule has 0 aliphatic heterocycles. The van der Waals surface area contributed by atoms with E-state index < -0.39 is 21.5 Å². The molecule has 0 unspecified atom stereocenters. The highest BCUT2D eigenvalue weighted by Gasteiger charge is 2.11. The summed E-state index contributed by atoms with van der Waals surface area (Å²) in [5.74, 6) is -0.979. The molecule has 0 aromatic carbocycles. The molecule has 1 amide bonds. The number of rotatable bonds is 5. The number of carbonyl (C=O) groups is 1. The minimum absolute atomic E-state index is 0.475. The van der Waals surface area contributed by atoms with E-state index in [1.54, 1.807) is 0 Å². The average molecular weight is 191 g/mol. The number of hydrogen-bond acceptors (Lipinski definition) is 3. The standard InChI is InChI=1S/C7H13NO3S/c1-3-5-8-7(9)6-12(10,11)4-2/h4H,2-3,5-6H2,1H3,(H,8,9). The summed E-state index contributed by atoms with van der Waals surface area (Å²) in [7, 11) is -3.40. The van der Waals surface area contributed by atoms with Crippen molar-refractivity contribution in [1.82, 2.24) is 5.32 Å². The molecule has 12 heavy (non-hydrogen) atoms. The van der Waals surface area contributed by atoms with Crippen molar-refractivity contribution in [3.8, 4) is 0 Å². The molecular formula is C7H13NO3S. The molecule has 0 radical (unpaired) electrons. The zero-order valence-corrected chi connectivity index (χ0v) is 7.86. The molecule has 0 aliphatic rings. The van der Waals surface area contributed by atoms with Gasteiger partial charge in [0.25, 0.3) is 0 Å². The highest BCUT2D eigenvalue weighted by molar-refractivity contribution is 7.94. The van der Waals surface area contributed by atoms with E-state index in [0.717, 1.165) is 11.8 Å². The third-order valence-corrected chi connectivity index (χ3v) is 2.33. The van der Waals surface area contributed by atoms with Crippen molar-refractivity contribution in [2.75, 3.05) is 12.3 Å². The van der Waals surface area contributed by atoms with Crippen LogP contribution in [-0.4, -0.2) is 26.6 Å². The van der Waals surface area contributed by atoms with E-state index in [1.807, 2.05) is 6.92 Å². The summed E-state index contributed by atoms with van der Waals surface area (Å²) in [5, 5.41) is 3.25. The first kappa shape index (κ1) is 11.2. The van der Waals surface area contributed by atoms with Gasteiger partial charge in [-0.1, -0.05) is 13.5 Å². The molecule has 1 N–H and O–H groups in total. The molecule has 5 heteroatoms. The number of hydrogen-bond donors (Lipinski definition) is 1. The first-order valence-corrected chi connectivity index (χ1v) is 5.35. The zero-order valence-electron chi connectivity index (χ0n) is 7.04. The lowest BCUT2D eigenvalue weighted by molar-refractivity contribution is -0.118. The van der Waals surface area contributed by atoms with Gasteiger partial charge in [0.2, 0.25) is 5.91 Å². The van der Waals surface area contributed by atoms with E-state index in [0.29, 0.717) is 6.54 Å². The Hall–Kier alpha value is -0.840. The fourth-order valence-electron chi connectivity index (χ4n) is 0.557. The molecule has 0 fully saturated rings. The lowest BCUT2D eigenvalue weighted by Gasteiger charge is -2.00. The van der Waals surface area contributed by atoms with E-state index in [-0.39, 0.29) is 0 Å². The predicted molar refractivity (Wildman–Crippen MR) is 47.3 cm³/mol. The van der Waals surface area contributed by atoms with E-state index in [4.69, 9.17) is 0 Å². The van der Waals surface area contributed by atoms with Crippen LogP contribution < -0.4 is 5.32 Å². The monoisotopic (exact) mass is 191 g/mol. The summed E-state index contributed by atoms with van der Waals surface area (Å²) in [5.41, 5.74) is 0. The summed E-state index contributed by atoms with van der Waals surface area (Å²) in [4.78, 5) is 10.8. The molecular weight excluding hydrogens is 178 g/mol. The van der Waals surface area contributed by atoms with E-state index in [2.05, 4.69) is 11.9 Å². The Labute approximate surface area is 72.6 Å². The maximum absolute atomic E-state index is 10.8. The van der Waals surface area contributed by atoms with Crippen LogP contribution in [0.5, 0.6) is 0 Å². The quantitative estimate of drug-likeness (QED) is 0.669. The third kappa shape index (κ3) is 4.90. The number of sulfone groups is 1. The maximum Gasteiger partial charge on any atom is 0.235 e. The molecule has 0 spiro atoms. The summed E-state index contributed by atoms with van der Waals surface area (Å²) < 4.78 is 21.6. The summed E-state index contributed by atoms with van der Waals surface area (Å²) >= 11 is 0. The largest absolute Gasteiger partial charge is 0.355 e. The van der Waals surface area contributed by atoms with E-state index in [1.165, 1.54) is 0 Å². The summed E-state index contributed by atoms with van der Waals surface area (Å²) in [6, 6.07) is 0. The van der Waals surface area contributed by atoms with Gasteiger partial charge in [-0.25, -0.2) is 8.42 Å². The Morgan fingerprint density at radius 3 is 2.58 bits per heavy atom. The molecule has 0 aromatic rings. The highest BCUT2D eigenvalue weighted by Crippen LogP contribution is 1.89. The van der Waals surface area contributed by atoms with Gasteiger partial charge in [0, 0.05) is 12.0 Å². The van der Waals surface area contributed by atoms with Gasteiger partial charge in [0.05, 0.1) is 0 Å². The van der Waals surface area contributed by atoms with Crippen LogP contribution in [0, 0.1) is 0 Å². The van der Waals surface area contributed by atoms with Crippen LogP contribution in [0.2, 0.25) is 0 Å². The number of amides is 1. The summed E-state index contributed by atoms with van der Waals surface area (Å²) in [6.45, 7) is 5.49. The molecule has 0 bridgehead atoms. The van der Waals surface area contributed by atoms with E-state index in [9.17, 15) is 13.2 Å². The Morgan fingerprint density at radius 2 is 2.17 bits per heavy atom. The molecule has 0 heterocycles. The normalized spacial score (nSPS) is 10.8. The Bertz CT molecular complexity index is 256. The zero-order chi connectivity index (χ0) is 9.61. The first-order chi connectivity index (χ1) is 5.52. The SMILES string of the molecule is C=CS(=O)(=O)CC(=O)NCCC. The molecule has 0 aliphatic carbocycles. The van der Waals surface area contributed by atoms with Crippen molar-refractivity contribution >= 4 is 15.7 Å². The van der Waals surface area contributed by atoms with Crippen LogP contribution in [0.4, 0.5) is 0 Å². The van der Waals surface area contributed by atoms with Gasteiger partial charge in [0.1, 0.15) is 5.75 Å². The number of carbonyl (C=O) groups excluding carboxylic acids is 1. The topological polar surface area (TPSA) is 63.2 Å². The molecule has 4 nitrogen and oxygen atoms in total. The fourth-order valence-corrected chi connectivity index (χ4v) is 1.14. The maximum atomic E-state index is 10.8.